The molecule has 0 bridgehead atoms. The van der Waals surface area contributed by atoms with Crippen LogP contribution in [-0.2, 0) is 0 Å². The van der Waals surface area contributed by atoms with Crippen LogP contribution >= 0.6 is 0 Å². The smallest absolute Gasteiger partial charge is 0.166 e. The molecule has 0 N–H and O–H groups in total. The van der Waals surface area contributed by atoms with Gasteiger partial charge in [-0.1, -0.05) is 121 Å². The highest BCUT2D eigenvalue weighted by molar-refractivity contribution is 6.14. The van der Waals surface area contributed by atoms with Crippen molar-refractivity contribution in [3.8, 4) is 68.8 Å². The van der Waals surface area contributed by atoms with Gasteiger partial charge in [-0.3, -0.25) is 0 Å². The van der Waals surface area contributed by atoms with Gasteiger partial charge in [0, 0.05) is 49.5 Å². The van der Waals surface area contributed by atoms with E-state index in [-0.39, 0.29) is 0 Å². The van der Waals surface area contributed by atoms with Gasteiger partial charge >= 0.3 is 0 Å². The maximum atomic E-state index is 9.95. The highest BCUT2D eigenvalue weighted by Crippen LogP contribution is 2.42. The van der Waals surface area contributed by atoms with Crippen LogP contribution in [0.15, 0.2) is 188 Å². The van der Waals surface area contributed by atoms with Gasteiger partial charge in [-0.25, -0.2) is 15.0 Å². The van der Waals surface area contributed by atoms with E-state index in [0.717, 1.165) is 77.4 Å². The largest absolute Gasteiger partial charge is 0.309 e. The van der Waals surface area contributed by atoms with E-state index in [1.165, 1.54) is 5.39 Å². The Morgan fingerprint density at radius 3 is 1.52 bits per heavy atom. The van der Waals surface area contributed by atoms with Crippen molar-refractivity contribution in [3.63, 3.8) is 0 Å². The third-order valence-corrected chi connectivity index (χ3v) is 11.2. The molecule has 0 aliphatic heterocycles. The van der Waals surface area contributed by atoms with Crippen molar-refractivity contribution in [1.82, 2.24) is 24.1 Å². The van der Waals surface area contributed by atoms with Crippen molar-refractivity contribution in [3.05, 3.63) is 199 Å². The van der Waals surface area contributed by atoms with Crippen molar-refractivity contribution in [1.29, 1.82) is 10.5 Å². The lowest BCUT2D eigenvalue weighted by molar-refractivity contribution is 1.06. The van der Waals surface area contributed by atoms with E-state index < -0.39 is 0 Å². The number of nitriles is 2. The minimum atomic E-state index is 0.507. The Morgan fingerprint density at radius 2 is 0.900 bits per heavy atom. The van der Waals surface area contributed by atoms with E-state index >= 15 is 0 Å². The number of fused-ring (bicyclic) bond motifs is 6. The zero-order valence-electron chi connectivity index (χ0n) is 32.0. The van der Waals surface area contributed by atoms with Crippen LogP contribution in [0.1, 0.15) is 11.1 Å². The second-order valence-corrected chi connectivity index (χ2v) is 14.7. The summed E-state index contributed by atoms with van der Waals surface area (Å²) in [5, 5.41) is 24.0. The van der Waals surface area contributed by atoms with Crippen LogP contribution in [0.2, 0.25) is 0 Å². The Labute approximate surface area is 345 Å². The number of aromatic nitrogens is 5. The zero-order chi connectivity index (χ0) is 40.2. The van der Waals surface area contributed by atoms with Gasteiger partial charge in [0.05, 0.1) is 51.0 Å². The molecule has 11 rings (SSSR count). The number of para-hydroxylation sites is 3. The molecule has 0 saturated heterocycles. The van der Waals surface area contributed by atoms with Crippen LogP contribution in [0.4, 0.5) is 0 Å². The first-order chi connectivity index (χ1) is 29.7. The summed E-state index contributed by atoms with van der Waals surface area (Å²) >= 11 is 0. The molecule has 0 saturated carbocycles. The Kier molecular flexibility index (Phi) is 8.11. The Bertz CT molecular complexity index is 3430. The van der Waals surface area contributed by atoms with E-state index in [4.69, 9.17) is 15.0 Å². The van der Waals surface area contributed by atoms with Gasteiger partial charge in [0.1, 0.15) is 0 Å². The summed E-state index contributed by atoms with van der Waals surface area (Å²) < 4.78 is 4.55. The zero-order valence-corrected chi connectivity index (χ0v) is 32.0. The van der Waals surface area contributed by atoms with Crippen molar-refractivity contribution >= 4 is 43.6 Å². The molecule has 0 aliphatic rings. The molecule has 7 heteroatoms. The molecule has 11 aromatic rings. The molecule has 7 nitrogen and oxygen atoms in total. The summed E-state index contributed by atoms with van der Waals surface area (Å²) in [4.78, 5) is 15.5. The average Bonchev–Trinajstić information content (AvgIpc) is 3.84. The quantitative estimate of drug-likeness (QED) is 0.168. The van der Waals surface area contributed by atoms with E-state index in [9.17, 15) is 10.5 Å². The van der Waals surface area contributed by atoms with Gasteiger partial charge in [-0.2, -0.15) is 10.5 Å². The van der Waals surface area contributed by atoms with Crippen molar-refractivity contribution in [2.24, 2.45) is 0 Å². The van der Waals surface area contributed by atoms with E-state index in [1.54, 1.807) is 0 Å². The number of hydrogen-bond donors (Lipinski definition) is 0. The van der Waals surface area contributed by atoms with Gasteiger partial charge in [0.15, 0.2) is 17.5 Å². The van der Waals surface area contributed by atoms with Crippen molar-refractivity contribution < 1.29 is 0 Å². The van der Waals surface area contributed by atoms with Gasteiger partial charge in [0.2, 0.25) is 0 Å². The molecule has 0 unspecified atom stereocenters. The lowest BCUT2D eigenvalue weighted by atomic mass is 9.98. The molecule has 8 aromatic carbocycles. The predicted molar refractivity (Wildman–Crippen MR) is 240 cm³/mol. The van der Waals surface area contributed by atoms with Crippen LogP contribution in [0, 0.1) is 22.7 Å². The monoisotopic (exact) mass is 765 g/mol. The molecule has 60 heavy (non-hydrogen) atoms. The highest BCUT2D eigenvalue weighted by Gasteiger charge is 2.23. The minimum Gasteiger partial charge on any atom is -0.309 e. The van der Waals surface area contributed by atoms with Crippen molar-refractivity contribution in [2.45, 2.75) is 0 Å². The topological polar surface area (TPSA) is 96.1 Å². The Hall–Kier alpha value is -8.65. The number of nitrogens with zero attached hydrogens (tertiary/aromatic N) is 7. The number of hydrogen-bond acceptors (Lipinski definition) is 5. The third-order valence-electron chi connectivity index (χ3n) is 11.2. The van der Waals surface area contributed by atoms with Crippen LogP contribution in [-0.4, -0.2) is 24.1 Å². The summed E-state index contributed by atoms with van der Waals surface area (Å²) in [6.45, 7) is 0. The fourth-order valence-corrected chi connectivity index (χ4v) is 8.53. The summed E-state index contributed by atoms with van der Waals surface area (Å²) in [5.74, 6) is 1.62. The van der Waals surface area contributed by atoms with Gasteiger partial charge in [-0.05, 0) is 72.3 Å². The predicted octanol–water partition coefficient (Wildman–Crippen LogP) is 12.5. The number of benzene rings is 8. The minimum absolute atomic E-state index is 0.507. The molecular formula is C53H31N7. The second kappa shape index (κ2) is 14.1. The first-order valence-corrected chi connectivity index (χ1v) is 19.6. The first-order valence-electron chi connectivity index (χ1n) is 19.6. The van der Waals surface area contributed by atoms with Crippen LogP contribution < -0.4 is 0 Å². The standard InChI is InChI=1S/C53H31N7/c54-32-34-23-26-47-43(29-34)44-30-35(33-55)24-27-48(44)60(47)49-28-25-38(40-20-12-21-42-41-19-10-11-22-46(41)59(50(40)42)39-17-8-3-9-18-39)31-45(49)53-57-51(36-13-4-1-5-14-36)56-52(58-53)37-15-6-2-7-16-37/h1-31H. The SMILES string of the molecule is N#Cc1ccc2c(c1)c1cc(C#N)ccc1n2-c1ccc(-c2cccc3c4ccccc4n(-c4ccccc4)c23)cc1-c1nc(-c2ccccc2)nc(-c2ccccc2)n1. The average molecular weight is 766 g/mol. The molecule has 0 fully saturated rings. The lowest BCUT2D eigenvalue weighted by Crippen LogP contribution is -2.04. The van der Waals surface area contributed by atoms with Crippen molar-refractivity contribution in [2.75, 3.05) is 0 Å². The van der Waals surface area contributed by atoms with Gasteiger partial charge in [-0.15, -0.1) is 0 Å². The van der Waals surface area contributed by atoms with Crippen LogP contribution in [0.5, 0.6) is 0 Å². The third kappa shape index (κ3) is 5.61. The lowest BCUT2D eigenvalue weighted by Gasteiger charge is -2.17. The maximum absolute atomic E-state index is 9.95. The molecule has 0 radical (unpaired) electrons. The van der Waals surface area contributed by atoms with Crippen LogP contribution in [0.25, 0.3) is 100 Å². The summed E-state index contributed by atoms with van der Waals surface area (Å²) in [5.41, 5.74) is 11.6. The Balaban J connectivity index is 1.25. The number of rotatable bonds is 6. The molecule has 278 valence electrons. The normalized spacial score (nSPS) is 11.3. The molecule has 3 aromatic heterocycles. The van der Waals surface area contributed by atoms with E-state index in [1.807, 2.05) is 103 Å². The Morgan fingerprint density at radius 1 is 0.367 bits per heavy atom. The first kappa shape index (κ1) is 34.6. The van der Waals surface area contributed by atoms with Gasteiger partial charge in [0.25, 0.3) is 0 Å². The van der Waals surface area contributed by atoms with E-state index in [2.05, 4.69) is 106 Å². The molecule has 0 atom stereocenters. The molecule has 0 aliphatic carbocycles. The van der Waals surface area contributed by atoms with E-state index in [0.29, 0.717) is 28.6 Å². The molecule has 3 heterocycles. The van der Waals surface area contributed by atoms with Crippen LogP contribution in [0.3, 0.4) is 0 Å². The fourth-order valence-electron chi connectivity index (χ4n) is 8.53. The van der Waals surface area contributed by atoms with Gasteiger partial charge < -0.3 is 9.13 Å². The summed E-state index contributed by atoms with van der Waals surface area (Å²) in [6, 6.07) is 68.1. The fraction of sp³-hybridized carbons (Fsp3) is 0. The highest BCUT2D eigenvalue weighted by atomic mass is 15.1. The maximum Gasteiger partial charge on any atom is 0.166 e. The molecular weight excluding hydrogens is 735 g/mol. The second-order valence-electron chi connectivity index (χ2n) is 14.7. The summed E-state index contributed by atoms with van der Waals surface area (Å²) in [7, 11) is 0. The molecule has 0 amide bonds. The summed E-state index contributed by atoms with van der Waals surface area (Å²) in [6.07, 6.45) is 0. The molecule has 0 spiro atoms.